The van der Waals surface area contributed by atoms with Crippen molar-refractivity contribution < 1.29 is 56.8 Å². The Morgan fingerprint density at radius 1 is 1.07 bits per heavy atom. The van der Waals surface area contributed by atoms with Crippen LogP contribution in [-0.2, 0) is 42.8 Å². The van der Waals surface area contributed by atoms with Gasteiger partial charge in [-0.1, -0.05) is 44.1 Å². The molecule has 0 radical (unpaired) electrons. The van der Waals surface area contributed by atoms with Crippen LogP contribution >= 0.6 is 0 Å². The van der Waals surface area contributed by atoms with E-state index in [1.54, 1.807) is 51.1 Å². The summed E-state index contributed by atoms with van der Waals surface area (Å²) in [5.41, 5.74) is 2.65. The summed E-state index contributed by atoms with van der Waals surface area (Å²) >= 11 is 0. The number of amides is 1. The number of ether oxygens (including phenoxy) is 6. The lowest BCUT2D eigenvalue weighted by Gasteiger charge is -2.48. The van der Waals surface area contributed by atoms with Gasteiger partial charge in [0.15, 0.2) is 23.8 Å². The molecule has 4 unspecified atom stereocenters. The Kier molecular flexibility index (Phi) is 13.7. The van der Waals surface area contributed by atoms with Crippen molar-refractivity contribution in [1.29, 1.82) is 0 Å². The van der Waals surface area contributed by atoms with Crippen LogP contribution in [0.5, 0.6) is 0 Å². The molecule has 55 heavy (non-hydrogen) atoms. The molecular weight excluding hydrogens is 721 g/mol. The number of likely N-dealkylation sites (N-methyl/N-ethyl adjacent to an activating group) is 1. The molecule has 16 nitrogen and oxygen atoms in total. The molecule has 3 aliphatic heterocycles. The van der Waals surface area contributed by atoms with E-state index in [-0.39, 0.29) is 30.7 Å². The lowest BCUT2D eigenvalue weighted by Crippen LogP contribution is -2.62. The molecule has 0 bridgehead atoms. The van der Waals surface area contributed by atoms with Crippen molar-refractivity contribution in [2.75, 3.05) is 27.7 Å². The van der Waals surface area contributed by atoms with Crippen LogP contribution in [0.15, 0.2) is 35.4 Å². The fourth-order valence-corrected chi connectivity index (χ4v) is 8.14. The summed E-state index contributed by atoms with van der Waals surface area (Å²) < 4.78 is 53.3. The number of ketones is 2. The van der Waals surface area contributed by atoms with Crippen LogP contribution in [0, 0.1) is 17.8 Å². The van der Waals surface area contributed by atoms with Gasteiger partial charge in [0.25, 0.3) is 5.67 Å². The molecule has 3 fully saturated rings. The second-order valence-electron chi connectivity index (χ2n) is 15.7. The second kappa shape index (κ2) is 17.3. The van der Waals surface area contributed by atoms with Gasteiger partial charge in [0.2, 0.25) is 0 Å². The monoisotopic (exact) mass is 775 g/mol. The number of alkyl carbamates (subject to hydrolysis) is 1. The van der Waals surface area contributed by atoms with Crippen LogP contribution in [0.25, 0.3) is 10.4 Å². The molecule has 0 saturated carbocycles. The van der Waals surface area contributed by atoms with E-state index < -0.39 is 101 Å². The third kappa shape index (κ3) is 9.12. The Bertz CT molecular complexity index is 1640. The Hall–Kier alpha value is -4.15. The minimum absolute atomic E-state index is 0.0746. The minimum atomic E-state index is -3.29. The first-order chi connectivity index (χ1) is 25.7. The summed E-state index contributed by atoms with van der Waals surface area (Å²) in [5.74, 6) is -7.03. The first kappa shape index (κ1) is 43.6. The maximum absolute atomic E-state index is 16.9. The number of rotatable bonds is 9. The average molecular weight is 776 g/mol. The van der Waals surface area contributed by atoms with Crippen LogP contribution in [0.3, 0.4) is 0 Å². The number of Topliss-reactive ketones (excluding diaryl/α,β-unsaturated/α-hetero) is 2. The van der Waals surface area contributed by atoms with E-state index in [1.165, 1.54) is 21.0 Å². The molecular formula is C38H54FN5O11. The number of methoxy groups -OCH3 is 1. The molecule has 0 aromatic heterocycles. The number of alkyl halides is 1. The highest BCUT2D eigenvalue weighted by Gasteiger charge is 2.59. The summed E-state index contributed by atoms with van der Waals surface area (Å²) in [5, 5.41) is 6.14. The number of benzene rings is 1. The maximum Gasteiger partial charge on any atom is 0.408 e. The van der Waals surface area contributed by atoms with E-state index in [9.17, 15) is 24.0 Å². The number of esters is 2. The number of fused-ring (bicyclic) bond motifs is 1. The Morgan fingerprint density at radius 3 is 2.33 bits per heavy atom. The largest absolute Gasteiger partial charge is 0.455 e. The van der Waals surface area contributed by atoms with E-state index in [0.29, 0.717) is 6.42 Å². The molecule has 3 heterocycles. The Balaban J connectivity index is 1.83. The molecule has 3 saturated heterocycles. The number of carbonyl (C=O) groups is 5. The van der Waals surface area contributed by atoms with Crippen molar-refractivity contribution >= 4 is 29.6 Å². The van der Waals surface area contributed by atoms with E-state index >= 15 is 4.39 Å². The molecule has 17 heteroatoms. The van der Waals surface area contributed by atoms with Crippen molar-refractivity contribution in [2.45, 2.75) is 127 Å². The highest BCUT2D eigenvalue weighted by atomic mass is 19.1. The van der Waals surface area contributed by atoms with Crippen molar-refractivity contribution in [3.8, 4) is 0 Å². The smallest absolute Gasteiger partial charge is 0.408 e. The SMILES string of the molecule is CO[C@]1(C)C[C@@H](C)C(=O)[C@H](C)[C@H]2NC(=O)O[C@]2(C)[C@@H](CCN=[N+]=[N-])OC(=O)[C@@](C)(F)C(=O)[C@H](C)[C@H]1OC1OC(C)CC(N(C)C)C1OC(=O)c1ccccc1. The molecule has 1 aromatic rings. The number of cyclic esters (lactones) is 1. The zero-order chi connectivity index (χ0) is 41.0. The summed E-state index contributed by atoms with van der Waals surface area (Å²) in [6.07, 6.45) is -6.42. The maximum atomic E-state index is 16.9. The number of azide groups is 1. The first-order valence-corrected chi connectivity index (χ1v) is 18.5. The number of carbonyl (C=O) groups excluding carboxylic acids is 5. The van der Waals surface area contributed by atoms with E-state index in [2.05, 4.69) is 15.3 Å². The van der Waals surface area contributed by atoms with Gasteiger partial charge in [-0.2, -0.15) is 0 Å². The molecule has 0 spiro atoms. The van der Waals surface area contributed by atoms with Gasteiger partial charge in [-0.25, -0.2) is 18.8 Å². The van der Waals surface area contributed by atoms with Gasteiger partial charge >= 0.3 is 18.0 Å². The minimum Gasteiger partial charge on any atom is -0.455 e. The van der Waals surface area contributed by atoms with Crippen LogP contribution < -0.4 is 5.32 Å². The molecule has 1 amide bonds. The van der Waals surface area contributed by atoms with E-state index in [4.69, 9.17) is 34.0 Å². The lowest BCUT2D eigenvalue weighted by atomic mass is 9.73. The predicted molar refractivity (Wildman–Crippen MR) is 194 cm³/mol. The highest BCUT2D eigenvalue weighted by molar-refractivity contribution is 6.08. The van der Waals surface area contributed by atoms with Gasteiger partial charge in [0, 0.05) is 36.3 Å². The molecule has 304 valence electrons. The van der Waals surface area contributed by atoms with Gasteiger partial charge in [-0.05, 0) is 78.7 Å². The molecule has 13 atom stereocenters. The van der Waals surface area contributed by atoms with Crippen molar-refractivity contribution in [1.82, 2.24) is 10.2 Å². The summed E-state index contributed by atoms with van der Waals surface area (Å²) in [6, 6.07) is 6.84. The van der Waals surface area contributed by atoms with Gasteiger partial charge in [-0.15, -0.1) is 0 Å². The van der Waals surface area contributed by atoms with E-state index in [1.807, 2.05) is 25.9 Å². The normalized spacial score (nSPS) is 38.8. The number of nitrogens with one attached hydrogen (secondary N) is 1. The third-order valence-electron chi connectivity index (χ3n) is 11.4. The topological polar surface area (TPSA) is 205 Å². The van der Waals surface area contributed by atoms with Gasteiger partial charge in [0.1, 0.15) is 11.9 Å². The van der Waals surface area contributed by atoms with Gasteiger partial charge < -0.3 is 38.6 Å². The van der Waals surface area contributed by atoms with Crippen LogP contribution in [0.1, 0.15) is 78.1 Å². The zero-order valence-corrected chi connectivity index (χ0v) is 33.1. The molecule has 1 aromatic carbocycles. The number of hydrogen-bond donors (Lipinski definition) is 1. The van der Waals surface area contributed by atoms with Crippen molar-refractivity contribution in [2.24, 2.45) is 22.9 Å². The summed E-state index contributed by atoms with van der Waals surface area (Å²) in [7, 11) is 4.98. The van der Waals surface area contributed by atoms with Crippen LogP contribution in [0.4, 0.5) is 9.18 Å². The molecule has 4 rings (SSSR count). The fourth-order valence-electron chi connectivity index (χ4n) is 8.14. The van der Waals surface area contributed by atoms with Gasteiger partial charge in [0.05, 0.1) is 35.5 Å². The van der Waals surface area contributed by atoms with Crippen LogP contribution in [0.2, 0.25) is 0 Å². The number of nitrogens with zero attached hydrogens (tertiary/aromatic N) is 4. The van der Waals surface area contributed by atoms with E-state index in [0.717, 1.165) is 6.92 Å². The molecule has 3 aliphatic rings. The number of halogens is 1. The van der Waals surface area contributed by atoms with Gasteiger partial charge in [-0.3, -0.25) is 9.59 Å². The highest BCUT2D eigenvalue weighted by Crippen LogP contribution is 2.41. The quantitative estimate of drug-likeness (QED) is 0.0904. The summed E-state index contributed by atoms with van der Waals surface area (Å²) in [6.45, 7) is 9.99. The summed E-state index contributed by atoms with van der Waals surface area (Å²) in [4.78, 5) is 73.2. The van der Waals surface area contributed by atoms with Crippen LogP contribution in [-0.4, -0.2) is 122 Å². The fraction of sp³-hybridized carbons (Fsp3) is 0.711. The van der Waals surface area contributed by atoms with Crippen molar-refractivity contribution in [3.05, 3.63) is 46.3 Å². The number of hydrogen-bond acceptors (Lipinski definition) is 13. The van der Waals surface area contributed by atoms with Crippen molar-refractivity contribution in [3.63, 3.8) is 0 Å². The Morgan fingerprint density at radius 2 is 1.73 bits per heavy atom. The average Bonchev–Trinajstić information content (AvgIpc) is 3.46. The molecule has 0 aliphatic carbocycles. The predicted octanol–water partition coefficient (Wildman–Crippen LogP) is 4.73. The second-order valence-corrected chi connectivity index (χ2v) is 15.7. The third-order valence-corrected chi connectivity index (χ3v) is 11.4. The zero-order valence-electron chi connectivity index (χ0n) is 33.1. The standard InChI is InChI=1S/C38H54FN5O11/c1-20-19-36(5,50-10)31(54-33-28(25(44(8)9)18-21(2)51-33)53-32(47)24-14-12-11-13-15-24)23(4)30(46)37(6,39)34(48)52-26(16-17-41-43-40)38(7)29(22(3)27(20)45)42-35(49)55-38/h11-15,20-23,25-26,28-29,31,33H,16-19H2,1-10H3,(H,42,49)/t20-,21?,22+,23+,25?,26-,28?,29-,31-,33?,36-,37+,38-/m1/s1. The lowest BCUT2D eigenvalue weighted by molar-refractivity contribution is -0.295. The Labute approximate surface area is 320 Å². The molecule has 1 N–H and O–H groups in total. The first-order valence-electron chi connectivity index (χ1n) is 18.5.